The van der Waals surface area contributed by atoms with Crippen molar-refractivity contribution in [3.05, 3.63) is 27.1 Å². The zero-order valence-corrected chi connectivity index (χ0v) is 11.0. The molecule has 5 nitrogen and oxygen atoms in total. The fourth-order valence-corrected chi connectivity index (χ4v) is 2.63. The molecule has 1 saturated heterocycles. The number of hydrogen-bond donors (Lipinski definition) is 1. The molecule has 1 fully saturated rings. The fraction of sp³-hybridized carbons (Fsp3) is 0.600. The van der Waals surface area contributed by atoms with Gasteiger partial charge in [-0.2, -0.15) is 0 Å². The molecule has 1 aliphatic heterocycles. The van der Waals surface area contributed by atoms with Crippen LogP contribution in [0, 0.1) is 10.1 Å². The summed E-state index contributed by atoms with van der Waals surface area (Å²) in [4.78, 5) is 12.5. The van der Waals surface area contributed by atoms with Gasteiger partial charge in [0.25, 0.3) is 0 Å². The lowest BCUT2D eigenvalue weighted by atomic mass is 10.1. The smallest absolute Gasteiger partial charge is 0.324 e. The van der Waals surface area contributed by atoms with Crippen LogP contribution in [0.4, 0.5) is 5.00 Å². The third-order valence-corrected chi connectivity index (χ3v) is 3.79. The molecule has 2 N–H and O–H groups in total. The van der Waals surface area contributed by atoms with Gasteiger partial charge in [0.2, 0.25) is 0 Å². The fourth-order valence-electron chi connectivity index (χ4n) is 1.91. The number of nitro groups is 1. The third kappa shape index (κ3) is 3.92. The molecule has 1 aliphatic rings. The molecule has 0 aromatic carbocycles. The Morgan fingerprint density at radius 2 is 2.18 bits per heavy atom. The molecule has 0 amide bonds. The molecule has 0 radical (unpaired) electrons. The number of piperidine rings is 1. The molecule has 0 saturated carbocycles. The first-order valence-electron chi connectivity index (χ1n) is 5.35. The lowest BCUT2D eigenvalue weighted by molar-refractivity contribution is -0.380. The quantitative estimate of drug-likeness (QED) is 0.677. The van der Waals surface area contributed by atoms with Crippen molar-refractivity contribution in [3.8, 4) is 0 Å². The van der Waals surface area contributed by atoms with E-state index < -0.39 is 0 Å². The predicted octanol–water partition coefficient (Wildman–Crippen LogP) is 2.00. The van der Waals surface area contributed by atoms with Gasteiger partial charge >= 0.3 is 5.00 Å². The summed E-state index contributed by atoms with van der Waals surface area (Å²) in [5, 5.41) is 12.6. The van der Waals surface area contributed by atoms with Crippen LogP contribution < -0.4 is 5.73 Å². The molecule has 0 spiro atoms. The summed E-state index contributed by atoms with van der Waals surface area (Å²) in [7, 11) is 0. The lowest BCUT2D eigenvalue weighted by Crippen LogP contribution is -2.39. The van der Waals surface area contributed by atoms with Crippen molar-refractivity contribution < 1.29 is 4.92 Å². The molecule has 0 unspecified atom stereocenters. The predicted molar refractivity (Wildman–Crippen MR) is 70.7 cm³/mol. The van der Waals surface area contributed by atoms with Crippen molar-refractivity contribution in [2.75, 3.05) is 13.1 Å². The molecule has 96 valence electrons. The molecule has 1 aromatic rings. The van der Waals surface area contributed by atoms with Gasteiger partial charge < -0.3 is 5.73 Å². The van der Waals surface area contributed by atoms with Crippen molar-refractivity contribution >= 4 is 28.7 Å². The first kappa shape index (κ1) is 14.4. The van der Waals surface area contributed by atoms with Gasteiger partial charge in [0.1, 0.15) is 0 Å². The van der Waals surface area contributed by atoms with E-state index in [0.29, 0.717) is 6.04 Å². The zero-order valence-electron chi connectivity index (χ0n) is 9.37. The second-order valence-electron chi connectivity index (χ2n) is 4.16. The molecule has 2 heterocycles. The molecule has 17 heavy (non-hydrogen) atoms. The van der Waals surface area contributed by atoms with Gasteiger partial charge in [-0.1, -0.05) is 11.3 Å². The minimum Gasteiger partial charge on any atom is -0.328 e. The number of likely N-dealkylation sites (tertiary alicyclic amines) is 1. The molecule has 0 atom stereocenters. The highest BCUT2D eigenvalue weighted by Gasteiger charge is 2.17. The van der Waals surface area contributed by atoms with Gasteiger partial charge in [-0.25, -0.2) is 0 Å². The van der Waals surface area contributed by atoms with Gasteiger partial charge in [-0.05, 0) is 31.5 Å². The average Bonchev–Trinajstić information content (AvgIpc) is 2.70. The number of thiophene rings is 1. The summed E-state index contributed by atoms with van der Waals surface area (Å²) in [6.07, 6.45) is 2.04. The standard InChI is InChI=1S/C10H15N3O2S.ClH/c11-9-1-3-12(4-2-9)6-8-5-10(13(14)15)16-7-8;/h5,7,9H,1-4,6,11H2;1H. The van der Waals surface area contributed by atoms with Crippen LogP contribution in [0.25, 0.3) is 0 Å². The number of halogens is 1. The van der Waals surface area contributed by atoms with Gasteiger partial charge in [-0.3, -0.25) is 15.0 Å². The van der Waals surface area contributed by atoms with E-state index in [1.165, 1.54) is 11.3 Å². The highest BCUT2D eigenvalue weighted by atomic mass is 35.5. The maximum absolute atomic E-state index is 10.5. The van der Waals surface area contributed by atoms with E-state index in [0.717, 1.165) is 38.0 Å². The number of hydrogen-bond acceptors (Lipinski definition) is 5. The molecule has 7 heteroatoms. The van der Waals surface area contributed by atoms with Crippen molar-refractivity contribution in [2.24, 2.45) is 5.73 Å². The molecular formula is C10H16ClN3O2S. The number of nitrogens with zero attached hydrogens (tertiary/aromatic N) is 2. The lowest BCUT2D eigenvalue weighted by Gasteiger charge is -2.29. The first-order valence-corrected chi connectivity index (χ1v) is 6.23. The summed E-state index contributed by atoms with van der Waals surface area (Å²) >= 11 is 1.20. The van der Waals surface area contributed by atoms with Crippen LogP contribution in [0.2, 0.25) is 0 Å². The Bertz CT molecular complexity index is 377. The van der Waals surface area contributed by atoms with Gasteiger partial charge in [0, 0.05) is 24.0 Å². The minimum absolute atomic E-state index is 0. The Morgan fingerprint density at radius 1 is 1.53 bits per heavy atom. The maximum Gasteiger partial charge on any atom is 0.324 e. The van der Waals surface area contributed by atoms with Crippen LogP contribution in [-0.2, 0) is 6.54 Å². The zero-order chi connectivity index (χ0) is 11.5. The molecular weight excluding hydrogens is 262 g/mol. The SMILES string of the molecule is Cl.NC1CCN(Cc2csc([N+](=O)[O-])c2)CC1. The van der Waals surface area contributed by atoms with Crippen molar-refractivity contribution in [2.45, 2.75) is 25.4 Å². The van der Waals surface area contributed by atoms with Crippen LogP contribution >= 0.6 is 23.7 Å². The van der Waals surface area contributed by atoms with Crippen LogP contribution in [0.5, 0.6) is 0 Å². The minimum atomic E-state index is -0.333. The average molecular weight is 278 g/mol. The van der Waals surface area contributed by atoms with E-state index in [4.69, 9.17) is 5.73 Å². The van der Waals surface area contributed by atoms with Crippen molar-refractivity contribution in [1.82, 2.24) is 4.90 Å². The number of nitrogens with two attached hydrogens (primary N) is 1. The molecule has 0 aliphatic carbocycles. The first-order chi connectivity index (χ1) is 7.65. The van der Waals surface area contributed by atoms with Crippen LogP contribution in [0.15, 0.2) is 11.4 Å². The van der Waals surface area contributed by atoms with Crippen LogP contribution in [0.1, 0.15) is 18.4 Å². The third-order valence-electron chi connectivity index (χ3n) is 2.86. The molecule has 1 aromatic heterocycles. The largest absolute Gasteiger partial charge is 0.328 e. The Labute approximate surface area is 110 Å². The van der Waals surface area contributed by atoms with E-state index >= 15 is 0 Å². The Morgan fingerprint density at radius 3 is 2.71 bits per heavy atom. The van der Waals surface area contributed by atoms with E-state index in [2.05, 4.69) is 4.90 Å². The topological polar surface area (TPSA) is 72.4 Å². The molecule has 0 bridgehead atoms. The summed E-state index contributed by atoms with van der Waals surface area (Å²) in [6, 6.07) is 1.99. The Balaban J connectivity index is 0.00000144. The summed E-state index contributed by atoms with van der Waals surface area (Å²) in [6.45, 7) is 2.78. The number of rotatable bonds is 3. The summed E-state index contributed by atoms with van der Waals surface area (Å²) in [5.41, 5.74) is 6.85. The Hall–Kier alpha value is -0.690. The highest BCUT2D eigenvalue weighted by molar-refractivity contribution is 7.13. The van der Waals surface area contributed by atoms with E-state index in [1.54, 1.807) is 6.07 Å². The van der Waals surface area contributed by atoms with Crippen molar-refractivity contribution in [1.29, 1.82) is 0 Å². The van der Waals surface area contributed by atoms with Crippen LogP contribution in [-0.4, -0.2) is 29.0 Å². The van der Waals surface area contributed by atoms with Gasteiger partial charge in [-0.15, -0.1) is 12.4 Å². The van der Waals surface area contributed by atoms with E-state index in [9.17, 15) is 10.1 Å². The summed E-state index contributed by atoms with van der Waals surface area (Å²) < 4.78 is 0. The molecule has 2 rings (SSSR count). The van der Waals surface area contributed by atoms with Crippen molar-refractivity contribution in [3.63, 3.8) is 0 Å². The Kier molecular flexibility index (Phi) is 5.32. The van der Waals surface area contributed by atoms with E-state index in [1.807, 2.05) is 5.38 Å². The normalized spacial score (nSPS) is 17.7. The highest BCUT2D eigenvalue weighted by Crippen LogP contribution is 2.24. The van der Waals surface area contributed by atoms with Crippen LogP contribution in [0.3, 0.4) is 0 Å². The second-order valence-corrected chi connectivity index (χ2v) is 5.05. The maximum atomic E-state index is 10.5. The van der Waals surface area contributed by atoms with Gasteiger partial charge in [0.15, 0.2) is 0 Å². The second kappa shape index (κ2) is 6.30. The monoisotopic (exact) mass is 277 g/mol. The van der Waals surface area contributed by atoms with E-state index in [-0.39, 0.29) is 22.3 Å². The summed E-state index contributed by atoms with van der Waals surface area (Å²) in [5.74, 6) is 0. The van der Waals surface area contributed by atoms with Gasteiger partial charge in [0.05, 0.1) is 4.92 Å².